The number of fused-ring (bicyclic) bond motifs is 1. The number of hydrogen-bond donors (Lipinski definition) is 2. The van der Waals surface area contributed by atoms with Crippen LogP contribution >= 0.6 is 0 Å². The molecule has 2 aliphatic heterocycles. The zero-order valence-corrected chi connectivity index (χ0v) is 21.0. The predicted molar refractivity (Wildman–Crippen MR) is 133 cm³/mol. The van der Waals surface area contributed by atoms with Gasteiger partial charge in [-0.05, 0) is 43.0 Å². The van der Waals surface area contributed by atoms with Crippen molar-refractivity contribution in [3.8, 4) is 0 Å². The maximum absolute atomic E-state index is 13.3. The van der Waals surface area contributed by atoms with E-state index in [1.165, 1.54) is 16.8 Å². The van der Waals surface area contributed by atoms with Crippen molar-refractivity contribution >= 4 is 29.7 Å². The lowest BCUT2D eigenvalue weighted by Gasteiger charge is -2.29. The van der Waals surface area contributed by atoms with Crippen molar-refractivity contribution in [1.82, 2.24) is 20.4 Å². The fourth-order valence-electron chi connectivity index (χ4n) is 4.60. The topological polar surface area (TPSA) is 125 Å². The quantitative estimate of drug-likeness (QED) is 0.555. The summed E-state index contributed by atoms with van der Waals surface area (Å²) >= 11 is 0. The molecule has 1 fully saturated rings. The molecule has 0 bridgehead atoms. The first-order chi connectivity index (χ1) is 17.7. The molecule has 10 heteroatoms. The number of piperidine rings is 1. The summed E-state index contributed by atoms with van der Waals surface area (Å²) in [6.07, 6.45) is -0.455. The number of benzene rings is 2. The van der Waals surface area contributed by atoms with Crippen LogP contribution in [0.3, 0.4) is 0 Å². The van der Waals surface area contributed by atoms with Crippen LogP contribution < -0.4 is 10.6 Å². The molecule has 194 valence electrons. The lowest BCUT2D eigenvalue weighted by Crippen LogP contribution is -2.52. The van der Waals surface area contributed by atoms with Gasteiger partial charge in [0.2, 0.25) is 17.7 Å². The van der Waals surface area contributed by atoms with Crippen LogP contribution in [0, 0.1) is 0 Å². The SMILES string of the molecule is CC(C)OC(=O)N(C)[C@H](C(=O)NCc1ccc2c(c1)CN(C1CCC(=O)NC1=O)C2=O)c1ccccc1. The summed E-state index contributed by atoms with van der Waals surface area (Å²) in [5, 5.41) is 5.18. The zero-order valence-electron chi connectivity index (χ0n) is 21.0. The molecule has 10 nitrogen and oxygen atoms in total. The van der Waals surface area contributed by atoms with Crippen LogP contribution in [0.4, 0.5) is 4.79 Å². The van der Waals surface area contributed by atoms with Gasteiger partial charge in [0, 0.05) is 32.1 Å². The van der Waals surface area contributed by atoms with Crippen molar-refractivity contribution in [2.45, 2.75) is 58.0 Å². The standard InChI is InChI=1S/C27H30N4O6/c1-16(2)37-27(36)30(3)23(18-7-5-4-6-8-18)25(34)28-14-17-9-10-20-19(13-17)15-31(26(20)35)21-11-12-22(32)29-24(21)33/h4-10,13,16,21,23H,11-12,14-15H2,1-3H3,(H,28,34)(H,29,32,33)/t21?,23-/m0/s1. The maximum atomic E-state index is 13.3. The van der Waals surface area contributed by atoms with Crippen molar-refractivity contribution in [3.63, 3.8) is 0 Å². The first-order valence-corrected chi connectivity index (χ1v) is 12.2. The zero-order chi connectivity index (χ0) is 26.7. The van der Waals surface area contributed by atoms with Crippen molar-refractivity contribution in [3.05, 3.63) is 70.8 Å². The van der Waals surface area contributed by atoms with Gasteiger partial charge in [0.05, 0.1) is 6.10 Å². The molecule has 2 aliphatic rings. The van der Waals surface area contributed by atoms with E-state index in [4.69, 9.17) is 4.74 Å². The molecule has 0 spiro atoms. The monoisotopic (exact) mass is 506 g/mol. The second-order valence-electron chi connectivity index (χ2n) is 9.47. The van der Waals surface area contributed by atoms with Gasteiger partial charge in [-0.25, -0.2) is 4.79 Å². The molecule has 0 saturated carbocycles. The number of ether oxygens (including phenoxy) is 1. The van der Waals surface area contributed by atoms with E-state index in [9.17, 15) is 24.0 Å². The summed E-state index contributed by atoms with van der Waals surface area (Å²) in [7, 11) is 1.52. The molecule has 2 heterocycles. The van der Waals surface area contributed by atoms with Gasteiger partial charge in [0.25, 0.3) is 5.91 Å². The fraction of sp³-hybridized carbons (Fsp3) is 0.370. The number of carbonyl (C=O) groups excluding carboxylic acids is 5. The molecule has 5 amide bonds. The number of rotatable bonds is 7. The van der Waals surface area contributed by atoms with Crippen molar-refractivity contribution in [2.75, 3.05) is 7.05 Å². The number of likely N-dealkylation sites (N-methyl/N-ethyl adjacent to an activating group) is 1. The minimum Gasteiger partial charge on any atom is -0.447 e. The highest BCUT2D eigenvalue weighted by Crippen LogP contribution is 2.28. The molecule has 0 radical (unpaired) electrons. The van der Waals surface area contributed by atoms with E-state index in [0.717, 1.165) is 11.1 Å². The van der Waals surface area contributed by atoms with Gasteiger partial charge in [-0.3, -0.25) is 29.4 Å². The molecule has 2 N–H and O–H groups in total. The van der Waals surface area contributed by atoms with Gasteiger partial charge in [-0.1, -0.05) is 42.5 Å². The summed E-state index contributed by atoms with van der Waals surface area (Å²) in [5.41, 5.74) is 2.66. The van der Waals surface area contributed by atoms with Crippen LogP contribution in [0.5, 0.6) is 0 Å². The van der Waals surface area contributed by atoms with E-state index < -0.39 is 24.1 Å². The molecule has 0 aromatic heterocycles. The first-order valence-electron chi connectivity index (χ1n) is 12.2. The van der Waals surface area contributed by atoms with E-state index in [-0.39, 0.29) is 43.3 Å². The Kier molecular flexibility index (Phi) is 7.56. The van der Waals surface area contributed by atoms with Crippen LogP contribution in [-0.2, 0) is 32.2 Å². The molecule has 1 saturated heterocycles. The Morgan fingerprint density at radius 2 is 1.86 bits per heavy atom. The van der Waals surface area contributed by atoms with Gasteiger partial charge < -0.3 is 15.0 Å². The normalized spacial score (nSPS) is 17.8. The van der Waals surface area contributed by atoms with Crippen LogP contribution in [0.1, 0.15) is 59.8 Å². The molecular weight excluding hydrogens is 476 g/mol. The van der Waals surface area contributed by atoms with Crippen LogP contribution in [0.2, 0.25) is 0 Å². The van der Waals surface area contributed by atoms with Gasteiger partial charge in [0.1, 0.15) is 12.1 Å². The Labute approximate surface area is 214 Å². The Morgan fingerprint density at radius 3 is 2.54 bits per heavy atom. The maximum Gasteiger partial charge on any atom is 0.410 e. The Balaban J connectivity index is 1.46. The van der Waals surface area contributed by atoms with Gasteiger partial charge >= 0.3 is 6.09 Å². The van der Waals surface area contributed by atoms with E-state index in [2.05, 4.69) is 10.6 Å². The Hall–Kier alpha value is -4.21. The largest absolute Gasteiger partial charge is 0.447 e. The van der Waals surface area contributed by atoms with Gasteiger partial charge in [-0.15, -0.1) is 0 Å². The lowest BCUT2D eigenvalue weighted by molar-refractivity contribution is -0.137. The smallest absolute Gasteiger partial charge is 0.410 e. The van der Waals surface area contributed by atoms with E-state index in [0.29, 0.717) is 17.5 Å². The average Bonchev–Trinajstić information content (AvgIpc) is 3.18. The minimum atomic E-state index is -0.897. The number of nitrogens with one attached hydrogen (secondary N) is 2. The summed E-state index contributed by atoms with van der Waals surface area (Å²) in [6.45, 7) is 3.90. The van der Waals surface area contributed by atoms with Crippen molar-refractivity contribution < 1.29 is 28.7 Å². The number of hydrogen-bond acceptors (Lipinski definition) is 6. The van der Waals surface area contributed by atoms with Gasteiger partial charge in [-0.2, -0.15) is 0 Å². The van der Waals surface area contributed by atoms with E-state index >= 15 is 0 Å². The van der Waals surface area contributed by atoms with Gasteiger partial charge in [0.15, 0.2) is 0 Å². The summed E-state index contributed by atoms with van der Waals surface area (Å²) in [4.78, 5) is 65.2. The summed E-state index contributed by atoms with van der Waals surface area (Å²) in [6, 6.07) is 12.6. The molecule has 1 unspecified atom stereocenters. The van der Waals surface area contributed by atoms with Crippen molar-refractivity contribution in [2.24, 2.45) is 0 Å². The molecule has 37 heavy (non-hydrogen) atoms. The summed E-state index contributed by atoms with van der Waals surface area (Å²) in [5.74, 6) is -1.43. The van der Waals surface area contributed by atoms with E-state index in [1.807, 2.05) is 12.1 Å². The second-order valence-corrected chi connectivity index (χ2v) is 9.47. The second kappa shape index (κ2) is 10.8. The van der Waals surface area contributed by atoms with Crippen LogP contribution in [0.25, 0.3) is 0 Å². The molecule has 4 rings (SSSR count). The number of nitrogens with zero attached hydrogens (tertiary/aromatic N) is 2. The van der Waals surface area contributed by atoms with Crippen molar-refractivity contribution in [1.29, 1.82) is 0 Å². The molecule has 2 atom stereocenters. The number of amides is 5. The highest BCUT2D eigenvalue weighted by Gasteiger charge is 2.39. The highest BCUT2D eigenvalue weighted by molar-refractivity contribution is 6.05. The van der Waals surface area contributed by atoms with Crippen LogP contribution in [0.15, 0.2) is 48.5 Å². The fourth-order valence-corrected chi connectivity index (χ4v) is 4.60. The lowest BCUT2D eigenvalue weighted by atomic mass is 10.0. The highest BCUT2D eigenvalue weighted by atomic mass is 16.6. The minimum absolute atomic E-state index is 0.176. The molecule has 0 aliphatic carbocycles. The molecule has 2 aromatic carbocycles. The van der Waals surface area contributed by atoms with E-state index in [1.54, 1.807) is 50.2 Å². The third-order valence-corrected chi connectivity index (χ3v) is 6.43. The Morgan fingerprint density at radius 1 is 1.14 bits per heavy atom. The number of carbonyl (C=O) groups is 5. The third-order valence-electron chi connectivity index (χ3n) is 6.43. The average molecular weight is 507 g/mol. The third kappa shape index (κ3) is 5.63. The Bertz CT molecular complexity index is 1230. The van der Waals surface area contributed by atoms with Crippen LogP contribution in [-0.4, -0.2) is 58.7 Å². The first kappa shape index (κ1) is 25.9. The summed E-state index contributed by atoms with van der Waals surface area (Å²) < 4.78 is 5.28. The molecular formula is C27H30N4O6. The predicted octanol–water partition coefficient (Wildman–Crippen LogP) is 2.28. The number of imide groups is 1. The molecule has 2 aromatic rings.